The lowest BCUT2D eigenvalue weighted by atomic mass is 10.1. The lowest BCUT2D eigenvalue weighted by Crippen LogP contribution is -2.23. The average Bonchev–Trinajstić information content (AvgIpc) is 2.36. The molecule has 17 heavy (non-hydrogen) atoms. The number of ether oxygens (including phenoxy) is 3. The van der Waals surface area contributed by atoms with E-state index >= 15 is 0 Å². The maximum absolute atomic E-state index is 5.56. The number of likely N-dealkylation sites (N-methyl/N-ethyl adjacent to an activating group) is 1. The van der Waals surface area contributed by atoms with Crippen molar-refractivity contribution in [1.29, 1.82) is 0 Å². The van der Waals surface area contributed by atoms with Crippen molar-refractivity contribution in [3.05, 3.63) is 23.8 Å². The Labute approximate surface area is 102 Å². The SMILES string of the molecule is COCN(C)CCc1ccc2c(c1)OCCO2. The number of nitrogens with zero attached hydrogens (tertiary/aromatic N) is 1. The summed E-state index contributed by atoms with van der Waals surface area (Å²) in [6.45, 7) is 2.90. The summed E-state index contributed by atoms with van der Waals surface area (Å²) in [7, 11) is 3.75. The molecular weight excluding hydrogens is 218 g/mol. The fourth-order valence-electron chi connectivity index (χ4n) is 1.85. The number of methoxy groups -OCH3 is 1. The van der Waals surface area contributed by atoms with Gasteiger partial charge in [0.15, 0.2) is 11.5 Å². The third kappa shape index (κ3) is 3.35. The van der Waals surface area contributed by atoms with E-state index in [4.69, 9.17) is 14.2 Å². The summed E-state index contributed by atoms with van der Waals surface area (Å²) < 4.78 is 16.1. The van der Waals surface area contributed by atoms with Gasteiger partial charge in [-0.2, -0.15) is 0 Å². The molecule has 1 aliphatic heterocycles. The molecule has 2 rings (SSSR count). The van der Waals surface area contributed by atoms with Gasteiger partial charge in [0.1, 0.15) is 13.2 Å². The molecule has 1 aliphatic rings. The number of hydrogen-bond donors (Lipinski definition) is 0. The Bertz CT molecular complexity index is 368. The van der Waals surface area contributed by atoms with Crippen molar-refractivity contribution in [2.45, 2.75) is 6.42 Å². The van der Waals surface area contributed by atoms with Crippen molar-refractivity contribution < 1.29 is 14.2 Å². The summed E-state index contributed by atoms with van der Waals surface area (Å²) in [6, 6.07) is 6.14. The van der Waals surface area contributed by atoms with Crippen LogP contribution in [0.4, 0.5) is 0 Å². The normalized spacial score (nSPS) is 14.1. The van der Waals surface area contributed by atoms with Crippen molar-refractivity contribution in [3.63, 3.8) is 0 Å². The van der Waals surface area contributed by atoms with Crippen molar-refractivity contribution in [3.8, 4) is 11.5 Å². The van der Waals surface area contributed by atoms with Crippen LogP contribution in [0, 0.1) is 0 Å². The first-order valence-corrected chi connectivity index (χ1v) is 5.85. The Hall–Kier alpha value is -1.26. The van der Waals surface area contributed by atoms with Gasteiger partial charge in [0, 0.05) is 13.7 Å². The average molecular weight is 237 g/mol. The molecule has 1 aromatic rings. The minimum atomic E-state index is 0.639. The molecule has 0 unspecified atom stereocenters. The van der Waals surface area contributed by atoms with Crippen LogP contribution in [0.2, 0.25) is 0 Å². The van der Waals surface area contributed by atoms with E-state index in [1.54, 1.807) is 7.11 Å². The molecule has 0 aromatic heterocycles. The van der Waals surface area contributed by atoms with Gasteiger partial charge in [0.25, 0.3) is 0 Å². The van der Waals surface area contributed by atoms with E-state index in [0.717, 1.165) is 24.5 Å². The highest BCUT2D eigenvalue weighted by Crippen LogP contribution is 2.30. The lowest BCUT2D eigenvalue weighted by molar-refractivity contribution is 0.0827. The topological polar surface area (TPSA) is 30.9 Å². The summed E-state index contributed by atoms with van der Waals surface area (Å²) in [6.07, 6.45) is 0.983. The Morgan fingerprint density at radius 3 is 2.76 bits per heavy atom. The van der Waals surface area contributed by atoms with Crippen LogP contribution in [0.25, 0.3) is 0 Å². The van der Waals surface area contributed by atoms with Gasteiger partial charge in [-0.3, -0.25) is 4.90 Å². The molecule has 0 saturated heterocycles. The van der Waals surface area contributed by atoms with Crippen LogP contribution >= 0.6 is 0 Å². The van der Waals surface area contributed by atoms with Crippen LogP contribution < -0.4 is 9.47 Å². The number of benzene rings is 1. The summed E-state index contributed by atoms with van der Waals surface area (Å²) in [5.74, 6) is 1.72. The van der Waals surface area contributed by atoms with Gasteiger partial charge in [-0.1, -0.05) is 6.07 Å². The van der Waals surface area contributed by atoms with Crippen LogP contribution in [0.5, 0.6) is 11.5 Å². The molecule has 94 valence electrons. The van der Waals surface area contributed by atoms with Crippen LogP contribution in [0.1, 0.15) is 5.56 Å². The molecule has 0 radical (unpaired) electrons. The molecule has 0 spiro atoms. The second-order valence-corrected chi connectivity index (χ2v) is 4.23. The zero-order valence-electron chi connectivity index (χ0n) is 10.4. The van der Waals surface area contributed by atoms with E-state index in [2.05, 4.69) is 17.0 Å². The zero-order chi connectivity index (χ0) is 12.1. The molecule has 1 heterocycles. The summed E-state index contributed by atoms with van der Waals surface area (Å²) in [5, 5.41) is 0. The smallest absolute Gasteiger partial charge is 0.161 e. The molecule has 4 nitrogen and oxygen atoms in total. The Balaban J connectivity index is 1.93. The van der Waals surface area contributed by atoms with Gasteiger partial charge in [-0.25, -0.2) is 0 Å². The first kappa shape index (κ1) is 12.2. The number of rotatable bonds is 5. The highest BCUT2D eigenvalue weighted by Gasteiger charge is 2.11. The van der Waals surface area contributed by atoms with E-state index in [0.29, 0.717) is 19.9 Å². The lowest BCUT2D eigenvalue weighted by Gasteiger charge is -2.19. The first-order valence-electron chi connectivity index (χ1n) is 5.85. The van der Waals surface area contributed by atoms with Gasteiger partial charge in [0.2, 0.25) is 0 Å². The third-order valence-electron chi connectivity index (χ3n) is 2.74. The van der Waals surface area contributed by atoms with Crippen LogP contribution in [0.3, 0.4) is 0 Å². The predicted octanol–water partition coefficient (Wildman–Crippen LogP) is 1.54. The van der Waals surface area contributed by atoms with Crippen molar-refractivity contribution >= 4 is 0 Å². The van der Waals surface area contributed by atoms with E-state index in [9.17, 15) is 0 Å². The maximum Gasteiger partial charge on any atom is 0.161 e. The fourth-order valence-corrected chi connectivity index (χ4v) is 1.85. The van der Waals surface area contributed by atoms with Gasteiger partial charge >= 0.3 is 0 Å². The monoisotopic (exact) mass is 237 g/mol. The molecule has 0 amide bonds. The molecule has 0 N–H and O–H groups in total. The molecule has 0 bridgehead atoms. The van der Waals surface area contributed by atoms with Gasteiger partial charge < -0.3 is 14.2 Å². The van der Waals surface area contributed by atoms with Crippen molar-refractivity contribution in [1.82, 2.24) is 4.90 Å². The van der Waals surface area contributed by atoms with Crippen LogP contribution in [-0.4, -0.2) is 45.5 Å². The van der Waals surface area contributed by atoms with E-state index < -0.39 is 0 Å². The quantitative estimate of drug-likeness (QED) is 0.727. The van der Waals surface area contributed by atoms with Gasteiger partial charge in [0.05, 0.1) is 6.73 Å². The minimum absolute atomic E-state index is 0.639. The summed E-state index contributed by atoms with van der Waals surface area (Å²) in [5.41, 5.74) is 1.26. The zero-order valence-corrected chi connectivity index (χ0v) is 10.4. The Kier molecular flexibility index (Phi) is 4.23. The molecule has 0 saturated carbocycles. The van der Waals surface area contributed by atoms with E-state index in [1.807, 2.05) is 13.1 Å². The van der Waals surface area contributed by atoms with Crippen molar-refractivity contribution in [2.24, 2.45) is 0 Å². The third-order valence-corrected chi connectivity index (χ3v) is 2.74. The molecular formula is C13H19NO3. The highest BCUT2D eigenvalue weighted by molar-refractivity contribution is 5.43. The van der Waals surface area contributed by atoms with E-state index in [-0.39, 0.29) is 0 Å². The van der Waals surface area contributed by atoms with Crippen LogP contribution in [0.15, 0.2) is 18.2 Å². The number of fused-ring (bicyclic) bond motifs is 1. The minimum Gasteiger partial charge on any atom is -0.486 e. The Morgan fingerprint density at radius 2 is 2.00 bits per heavy atom. The molecule has 0 fully saturated rings. The van der Waals surface area contributed by atoms with Gasteiger partial charge in [-0.05, 0) is 31.2 Å². The van der Waals surface area contributed by atoms with E-state index in [1.165, 1.54) is 5.56 Å². The maximum atomic E-state index is 5.56. The molecule has 0 atom stereocenters. The molecule has 0 aliphatic carbocycles. The van der Waals surface area contributed by atoms with Crippen LogP contribution in [-0.2, 0) is 11.2 Å². The second kappa shape index (κ2) is 5.89. The largest absolute Gasteiger partial charge is 0.486 e. The number of hydrogen-bond acceptors (Lipinski definition) is 4. The molecule has 1 aromatic carbocycles. The predicted molar refractivity (Wildman–Crippen MR) is 65.6 cm³/mol. The highest BCUT2D eigenvalue weighted by atomic mass is 16.6. The fraction of sp³-hybridized carbons (Fsp3) is 0.538. The first-order chi connectivity index (χ1) is 8.29. The molecule has 4 heteroatoms. The summed E-state index contributed by atoms with van der Waals surface area (Å²) in [4.78, 5) is 2.14. The summed E-state index contributed by atoms with van der Waals surface area (Å²) >= 11 is 0. The van der Waals surface area contributed by atoms with Crippen molar-refractivity contribution in [2.75, 3.05) is 40.6 Å². The Morgan fingerprint density at radius 1 is 1.24 bits per heavy atom. The second-order valence-electron chi connectivity index (χ2n) is 4.23. The standard InChI is InChI=1S/C13H19NO3/c1-14(10-15-2)6-5-11-3-4-12-13(9-11)17-8-7-16-12/h3-4,9H,5-8,10H2,1-2H3. The van der Waals surface area contributed by atoms with Gasteiger partial charge in [-0.15, -0.1) is 0 Å².